The summed E-state index contributed by atoms with van der Waals surface area (Å²) < 4.78 is 16.8. The largest absolute Gasteiger partial charge is 0.462 e. The van der Waals surface area contributed by atoms with Crippen molar-refractivity contribution < 1.29 is 28.6 Å². The monoisotopic (exact) mass is 885 g/mol. The summed E-state index contributed by atoms with van der Waals surface area (Å²) in [4.78, 5) is 38.0. The molecule has 0 radical (unpaired) electrons. The predicted molar refractivity (Wildman–Crippen MR) is 270 cm³/mol. The van der Waals surface area contributed by atoms with Gasteiger partial charge in [-0.05, 0) is 51.4 Å². The van der Waals surface area contributed by atoms with Crippen molar-refractivity contribution in [2.75, 3.05) is 13.2 Å². The average molecular weight is 885 g/mol. The molecule has 1 unspecified atom stereocenters. The molecule has 0 N–H and O–H groups in total. The van der Waals surface area contributed by atoms with Gasteiger partial charge in [0.05, 0.1) is 0 Å². The molecule has 0 aromatic rings. The molecule has 0 aromatic carbocycles. The molecule has 0 aliphatic rings. The SMILES string of the molecule is CC/C=C\C/C=C\C/C=C\CCCCCC(=O)OCC(COC(=O)CCCCCCCCCCCCCCCCCCC)OC(=O)CCCCCCCCCCCCCCCCC. The smallest absolute Gasteiger partial charge is 0.306 e. The van der Waals surface area contributed by atoms with Gasteiger partial charge in [0.15, 0.2) is 6.10 Å². The fourth-order valence-electron chi connectivity index (χ4n) is 8.05. The molecule has 6 nitrogen and oxygen atoms in total. The summed E-state index contributed by atoms with van der Waals surface area (Å²) >= 11 is 0. The van der Waals surface area contributed by atoms with Crippen molar-refractivity contribution in [1.82, 2.24) is 0 Å². The molecule has 63 heavy (non-hydrogen) atoms. The van der Waals surface area contributed by atoms with Crippen molar-refractivity contribution >= 4 is 17.9 Å². The fraction of sp³-hybridized carbons (Fsp3) is 0.842. The van der Waals surface area contributed by atoms with Gasteiger partial charge in [0.25, 0.3) is 0 Å². The number of hydrogen-bond donors (Lipinski definition) is 0. The number of ether oxygens (including phenoxy) is 3. The Bertz CT molecular complexity index is 1060. The Morgan fingerprint density at radius 2 is 0.619 bits per heavy atom. The van der Waals surface area contributed by atoms with Crippen LogP contribution in [0.3, 0.4) is 0 Å². The van der Waals surface area contributed by atoms with Crippen LogP contribution in [-0.4, -0.2) is 37.2 Å². The Hall–Kier alpha value is -2.37. The van der Waals surface area contributed by atoms with Gasteiger partial charge in [-0.15, -0.1) is 0 Å². The zero-order chi connectivity index (χ0) is 45.8. The Morgan fingerprint density at radius 1 is 0.333 bits per heavy atom. The van der Waals surface area contributed by atoms with Gasteiger partial charge >= 0.3 is 17.9 Å². The van der Waals surface area contributed by atoms with E-state index in [4.69, 9.17) is 14.2 Å². The molecule has 0 fully saturated rings. The Morgan fingerprint density at radius 3 is 0.968 bits per heavy atom. The molecule has 0 spiro atoms. The summed E-state index contributed by atoms with van der Waals surface area (Å²) in [6, 6.07) is 0. The third-order valence-corrected chi connectivity index (χ3v) is 12.2. The summed E-state index contributed by atoms with van der Waals surface area (Å²) in [5.74, 6) is -0.891. The maximum Gasteiger partial charge on any atom is 0.306 e. The Labute approximate surface area is 391 Å². The highest BCUT2D eigenvalue weighted by molar-refractivity contribution is 5.71. The van der Waals surface area contributed by atoms with Crippen molar-refractivity contribution in [2.45, 2.75) is 297 Å². The molecule has 0 bridgehead atoms. The normalized spacial score (nSPS) is 12.2. The van der Waals surface area contributed by atoms with Crippen LogP contribution in [0.15, 0.2) is 36.5 Å². The van der Waals surface area contributed by atoms with E-state index in [1.54, 1.807) is 0 Å². The second kappa shape index (κ2) is 52.3. The lowest BCUT2D eigenvalue weighted by Crippen LogP contribution is -2.30. The maximum atomic E-state index is 12.8. The number of unbranched alkanes of at least 4 members (excludes halogenated alkanes) is 33. The van der Waals surface area contributed by atoms with Crippen LogP contribution in [-0.2, 0) is 28.6 Å². The third kappa shape index (κ3) is 50.5. The van der Waals surface area contributed by atoms with Crippen molar-refractivity contribution in [2.24, 2.45) is 0 Å². The number of carbonyl (C=O) groups excluding carboxylic acids is 3. The van der Waals surface area contributed by atoms with Gasteiger partial charge in [0, 0.05) is 19.3 Å². The molecule has 0 rings (SSSR count). The van der Waals surface area contributed by atoms with Crippen molar-refractivity contribution in [3.63, 3.8) is 0 Å². The molecule has 0 amide bonds. The lowest BCUT2D eigenvalue weighted by atomic mass is 10.0. The highest BCUT2D eigenvalue weighted by atomic mass is 16.6. The zero-order valence-corrected chi connectivity index (χ0v) is 42.1. The van der Waals surface area contributed by atoms with Gasteiger partial charge in [0.1, 0.15) is 13.2 Å². The minimum atomic E-state index is -0.779. The van der Waals surface area contributed by atoms with Crippen molar-refractivity contribution in [3.8, 4) is 0 Å². The standard InChI is InChI=1S/C57H104O6/c1-4-7-10-13-16-19-22-25-27-28-30-32-35-38-41-44-47-50-56(59)62-53-54(52-61-55(58)49-46-43-40-37-34-31-24-21-18-15-12-9-6-3)63-57(60)51-48-45-42-39-36-33-29-26-23-20-17-14-11-8-5-2/h9,12,18,21,31,34,54H,4-8,10-11,13-17,19-20,22-30,32-33,35-53H2,1-3H3/b12-9-,21-18-,34-31-. The van der Waals surface area contributed by atoms with E-state index >= 15 is 0 Å². The van der Waals surface area contributed by atoms with Gasteiger partial charge < -0.3 is 14.2 Å². The van der Waals surface area contributed by atoms with Crippen molar-refractivity contribution in [1.29, 1.82) is 0 Å². The highest BCUT2D eigenvalue weighted by Gasteiger charge is 2.19. The minimum absolute atomic E-state index is 0.0768. The highest BCUT2D eigenvalue weighted by Crippen LogP contribution is 2.17. The molecule has 0 aromatic heterocycles. The van der Waals surface area contributed by atoms with Gasteiger partial charge in [0.2, 0.25) is 0 Å². The van der Waals surface area contributed by atoms with Gasteiger partial charge in [-0.3, -0.25) is 14.4 Å². The van der Waals surface area contributed by atoms with Crippen LogP contribution in [0.4, 0.5) is 0 Å². The lowest BCUT2D eigenvalue weighted by Gasteiger charge is -2.18. The fourth-order valence-corrected chi connectivity index (χ4v) is 8.05. The van der Waals surface area contributed by atoms with Crippen LogP contribution in [0.1, 0.15) is 290 Å². The summed E-state index contributed by atoms with van der Waals surface area (Å²) in [5, 5.41) is 0. The van der Waals surface area contributed by atoms with E-state index in [9.17, 15) is 14.4 Å². The molecule has 6 heteroatoms. The lowest BCUT2D eigenvalue weighted by molar-refractivity contribution is -0.167. The molecule has 0 heterocycles. The van der Waals surface area contributed by atoms with Crippen LogP contribution < -0.4 is 0 Å². The second-order valence-corrected chi connectivity index (χ2v) is 18.5. The molecular formula is C57H104O6. The van der Waals surface area contributed by atoms with Gasteiger partial charge in [-0.2, -0.15) is 0 Å². The van der Waals surface area contributed by atoms with Crippen molar-refractivity contribution in [3.05, 3.63) is 36.5 Å². The number of rotatable bonds is 50. The van der Waals surface area contributed by atoms with Gasteiger partial charge in [-0.1, -0.05) is 256 Å². The van der Waals surface area contributed by atoms with E-state index in [-0.39, 0.29) is 31.1 Å². The first-order valence-electron chi connectivity index (χ1n) is 27.5. The number of carbonyl (C=O) groups is 3. The first-order valence-corrected chi connectivity index (χ1v) is 27.5. The average Bonchev–Trinajstić information content (AvgIpc) is 3.28. The van der Waals surface area contributed by atoms with Crippen LogP contribution in [0.25, 0.3) is 0 Å². The van der Waals surface area contributed by atoms with E-state index in [0.717, 1.165) is 83.5 Å². The topological polar surface area (TPSA) is 78.9 Å². The first kappa shape index (κ1) is 60.6. The van der Waals surface area contributed by atoms with E-state index < -0.39 is 6.10 Å². The molecule has 0 saturated carbocycles. The zero-order valence-electron chi connectivity index (χ0n) is 42.1. The Balaban J connectivity index is 4.35. The minimum Gasteiger partial charge on any atom is -0.462 e. The summed E-state index contributed by atoms with van der Waals surface area (Å²) in [7, 11) is 0. The van der Waals surface area contributed by atoms with E-state index in [0.29, 0.717) is 19.3 Å². The summed E-state index contributed by atoms with van der Waals surface area (Å²) in [5.41, 5.74) is 0. The number of hydrogen-bond acceptors (Lipinski definition) is 6. The molecular weight excluding hydrogens is 781 g/mol. The maximum absolute atomic E-state index is 12.8. The first-order chi connectivity index (χ1) is 31.0. The summed E-state index contributed by atoms with van der Waals surface area (Å²) in [6.45, 7) is 6.54. The molecule has 0 saturated heterocycles. The Kier molecular flexibility index (Phi) is 50.3. The van der Waals surface area contributed by atoms with Crippen LogP contribution in [0.5, 0.6) is 0 Å². The molecule has 0 aliphatic heterocycles. The van der Waals surface area contributed by atoms with E-state index in [2.05, 4.69) is 57.2 Å². The number of esters is 3. The molecule has 368 valence electrons. The van der Waals surface area contributed by atoms with Crippen LogP contribution in [0, 0.1) is 0 Å². The third-order valence-electron chi connectivity index (χ3n) is 12.2. The van der Waals surface area contributed by atoms with E-state index in [1.165, 1.54) is 167 Å². The van der Waals surface area contributed by atoms with Crippen LogP contribution in [0.2, 0.25) is 0 Å². The predicted octanol–water partition coefficient (Wildman–Crippen LogP) is 18.1. The van der Waals surface area contributed by atoms with Gasteiger partial charge in [-0.25, -0.2) is 0 Å². The van der Waals surface area contributed by atoms with E-state index in [1.807, 2.05) is 0 Å². The second-order valence-electron chi connectivity index (χ2n) is 18.5. The number of allylic oxidation sites excluding steroid dienone is 6. The van der Waals surface area contributed by atoms with Crippen LogP contribution >= 0.6 is 0 Å². The molecule has 0 aliphatic carbocycles. The summed E-state index contributed by atoms with van der Waals surface area (Å²) in [6.07, 6.45) is 61.3. The quantitative estimate of drug-likeness (QED) is 0.0262. The molecule has 1 atom stereocenters.